The molecule has 1 aliphatic heterocycles. The van der Waals surface area contributed by atoms with Gasteiger partial charge in [-0.3, -0.25) is 14.5 Å². The van der Waals surface area contributed by atoms with Gasteiger partial charge >= 0.3 is 0 Å². The first-order valence-corrected chi connectivity index (χ1v) is 8.10. The third-order valence-electron chi connectivity index (χ3n) is 4.00. The molecule has 0 spiro atoms. The number of hydrogen-bond donors (Lipinski definition) is 1. The maximum atomic E-state index is 11.5. The fourth-order valence-electron chi connectivity index (χ4n) is 2.60. The summed E-state index contributed by atoms with van der Waals surface area (Å²) < 4.78 is 0. The van der Waals surface area contributed by atoms with Gasteiger partial charge < -0.3 is 10.6 Å². The van der Waals surface area contributed by atoms with Crippen LogP contribution in [0, 0.1) is 0 Å². The third-order valence-corrected chi connectivity index (χ3v) is 4.00. The van der Waals surface area contributed by atoms with Crippen LogP contribution in [-0.2, 0) is 22.6 Å². The first-order valence-electron chi connectivity index (χ1n) is 8.10. The highest BCUT2D eigenvalue weighted by molar-refractivity contribution is 6.12. The molecule has 0 saturated heterocycles. The van der Waals surface area contributed by atoms with Gasteiger partial charge in [0.25, 0.3) is 11.8 Å². The second-order valence-corrected chi connectivity index (χ2v) is 5.96. The summed E-state index contributed by atoms with van der Waals surface area (Å²) >= 11 is 0. The van der Waals surface area contributed by atoms with Crippen LogP contribution in [0.3, 0.4) is 0 Å². The molecular weight excluding hydrogens is 290 g/mol. The maximum Gasteiger partial charge on any atom is 0.253 e. The lowest BCUT2D eigenvalue weighted by Gasteiger charge is -2.20. The van der Waals surface area contributed by atoms with E-state index < -0.39 is 0 Å². The number of nitrogens with two attached hydrogens (primary N) is 1. The smallest absolute Gasteiger partial charge is 0.253 e. The first-order chi connectivity index (χ1) is 11.1. The van der Waals surface area contributed by atoms with Gasteiger partial charge in [-0.2, -0.15) is 0 Å². The quantitative estimate of drug-likeness (QED) is 0.551. The van der Waals surface area contributed by atoms with Crippen LogP contribution in [0.1, 0.15) is 24.0 Å². The molecule has 0 saturated carbocycles. The van der Waals surface area contributed by atoms with Crippen LogP contribution in [0.15, 0.2) is 36.4 Å². The number of benzene rings is 1. The van der Waals surface area contributed by atoms with Crippen molar-refractivity contribution >= 4 is 11.8 Å². The van der Waals surface area contributed by atoms with Gasteiger partial charge in [-0.05, 0) is 44.0 Å². The van der Waals surface area contributed by atoms with Crippen molar-refractivity contribution in [2.75, 3.05) is 26.7 Å². The topological polar surface area (TPSA) is 66.6 Å². The van der Waals surface area contributed by atoms with Gasteiger partial charge in [-0.1, -0.05) is 24.3 Å². The highest BCUT2D eigenvalue weighted by Crippen LogP contribution is 2.10. The molecule has 5 heteroatoms. The van der Waals surface area contributed by atoms with Crippen molar-refractivity contribution in [2.24, 2.45) is 5.73 Å². The molecule has 1 aromatic carbocycles. The Morgan fingerprint density at radius 1 is 1.00 bits per heavy atom. The molecule has 0 unspecified atom stereocenters. The lowest BCUT2D eigenvalue weighted by molar-refractivity contribution is -0.136. The van der Waals surface area contributed by atoms with Crippen LogP contribution in [0.4, 0.5) is 0 Å². The Balaban J connectivity index is 1.75. The number of carbonyl (C=O) groups excluding carboxylic acids is 2. The highest BCUT2D eigenvalue weighted by Gasteiger charge is 2.22. The monoisotopic (exact) mass is 315 g/mol. The molecule has 1 heterocycles. The Labute approximate surface area is 137 Å². The van der Waals surface area contributed by atoms with Crippen LogP contribution < -0.4 is 5.73 Å². The second kappa shape index (κ2) is 8.60. The van der Waals surface area contributed by atoms with Gasteiger partial charge in [0.05, 0.1) is 0 Å². The molecule has 5 nitrogen and oxygen atoms in total. The van der Waals surface area contributed by atoms with Crippen LogP contribution in [0.5, 0.6) is 0 Å². The first kappa shape index (κ1) is 17.4. The minimum Gasteiger partial charge on any atom is -0.330 e. The molecule has 23 heavy (non-hydrogen) atoms. The van der Waals surface area contributed by atoms with E-state index >= 15 is 0 Å². The van der Waals surface area contributed by atoms with Gasteiger partial charge in [-0.25, -0.2) is 0 Å². The van der Waals surface area contributed by atoms with Crippen molar-refractivity contribution in [2.45, 2.75) is 25.8 Å². The van der Waals surface area contributed by atoms with E-state index in [1.807, 2.05) is 7.05 Å². The minimum absolute atomic E-state index is 0.217. The standard InChI is InChI=1S/C18H25N3O2/c1-20(12-13-21-17(22)9-10-18(21)23)14-16-7-5-15(6-8-16)4-2-3-11-19/h5-10H,2-4,11-14,19H2,1H3. The molecule has 0 fully saturated rings. The van der Waals surface area contributed by atoms with Crippen LogP contribution >= 0.6 is 0 Å². The van der Waals surface area contributed by atoms with E-state index in [9.17, 15) is 9.59 Å². The predicted molar refractivity (Wildman–Crippen MR) is 90.6 cm³/mol. The Bertz CT molecular complexity index is 548. The minimum atomic E-state index is -0.217. The summed E-state index contributed by atoms with van der Waals surface area (Å²) in [6.45, 7) is 2.64. The largest absolute Gasteiger partial charge is 0.330 e. The number of aryl methyl sites for hydroxylation is 1. The van der Waals surface area contributed by atoms with E-state index in [0.717, 1.165) is 32.4 Å². The molecular formula is C18H25N3O2. The van der Waals surface area contributed by atoms with Crippen molar-refractivity contribution in [3.63, 3.8) is 0 Å². The van der Waals surface area contributed by atoms with E-state index in [2.05, 4.69) is 29.2 Å². The highest BCUT2D eigenvalue weighted by atomic mass is 16.2. The number of imide groups is 1. The van der Waals surface area contributed by atoms with Crippen molar-refractivity contribution < 1.29 is 9.59 Å². The molecule has 1 aliphatic rings. The summed E-state index contributed by atoms with van der Waals surface area (Å²) in [5, 5.41) is 0. The molecule has 0 aromatic heterocycles. The Hall–Kier alpha value is -1.98. The molecule has 0 atom stereocenters. The van der Waals surface area contributed by atoms with Crippen LogP contribution in [-0.4, -0.2) is 48.3 Å². The van der Waals surface area contributed by atoms with Crippen molar-refractivity contribution in [1.29, 1.82) is 0 Å². The van der Waals surface area contributed by atoms with Crippen molar-refractivity contribution in [1.82, 2.24) is 9.80 Å². The van der Waals surface area contributed by atoms with E-state index in [4.69, 9.17) is 5.73 Å². The summed E-state index contributed by atoms with van der Waals surface area (Å²) in [5.74, 6) is -0.435. The number of likely N-dealkylation sites (N-methyl/N-ethyl adjacent to an activating group) is 1. The van der Waals surface area contributed by atoms with E-state index in [1.165, 1.54) is 28.2 Å². The Morgan fingerprint density at radius 2 is 1.61 bits per heavy atom. The summed E-state index contributed by atoms with van der Waals surface area (Å²) in [5.41, 5.74) is 8.07. The fourth-order valence-corrected chi connectivity index (χ4v) is 2.60. The van der Waals surface area contributed by atoms with Gasteiger partial charge in [0.1, 0.15) is 0 Å². The zero-order valence-electron chi connectivity index (χ0n) is 13.7. The van der Waals surface area contributed by atoms with Crippen molar-refractivity contribution in [3.05, 3.63) is 47.5 Å². The number of carbonyl (C=O) groups is 2. The normalized spacial score (nSPS) is 14.3. The summed E-state index contributed by atoms with van der Waals surface area (Å²) in [4.78, 5) is 26.4. The number of unbranched alkanes of at least 4 members (excludes halogenated alkanes) is 1. The zero-order valence-corrected chi connectivity index (χ0v) is 13.7. The van der Waals surface area contributed by atoms with Crippen LogP contribution in [0.2, 0.25) is 0 Å². The number of hydrogen-bond acceptors (Lipinski definition) is 4. The lowest BCUT2D eigenvalue weighted by atomic mass is 10.1. The summed E-state index contributed by atoms with van der Waals surface area (Å²) in [6.07, 6.45) is 5.91. The van der Waals surface area contributed by atoms with Gasteiger partial charge in [0.15, 0.2) is 0 Å². The van der Waals surface area contributed by atoms with E-state index in [-0.39, 0.29) is 11.8 Å². The average Bonchev–Trinajstić information content (AvgIpc) is 2.86. The third kappa shape index (κ3) is 5.30. The lowest BCUT2D eigenvalue weighted by Crippen LogP contribution is -2.36. The van der Waals surface area contributed by atoms with E-state index in [0.29, 0.717) is 13.1 Å². The molecule has 2 N–H and O–H groups in total. The molecule has 0 aliphatic carbocycles. The predicted octanol–water partition coefficient (Wildman–Crippen LogP) is 1.32. The van der Waals surface area contributed by atoms with Crippen LogP contribution in [0.25, 0.3) is 0 Å². The van der Waals surface area contributed by atoms with Gasteiger partial charge in [0, 0.05) is 31.8 Å². The SMILES string of the molecule is CN(CCN1C(=O)C=CC1=O)Cc1ccc(CCCCN)cc1. The molecule has 124 valence electrons. The molecule has 2 rings (SSSR count). The van der Waals surface area contributed by atoms with Crippen molar-refractivity contribution in [3.8, 4) is 0 Å². The number of rotatable bonds is 9. The molecule has 2 amide bonds. The molecule has 1 aromatic rings. The fraction of sp³-hybridized carbons (Fsp3) is 0.444. The van der Waals surface area contributed by atoms with Gasteiger partial charge in [-0.15, -0.1) is 0 Å². The average molecular weight is 315 g/mol. The molecule has 0 radical (unpaired) electrons. The Kier molecular flexibility index (Phi) is 6.50. The maximum absolute atomic E-state index is 11.5. The number of amides is 2. The zero-order chi connectivity index (χ0) is 16.7. The summed E-state index contributed by atoms with van der Waals surface area (Å²) in [7, 11) is 1.99. The molecule has 0 bridgehead atoms. The second-order valence-electron chi connectivity index (χ2n) is 5.96. The van der Waals surface area contributed by atoms with Gasteiger partial charge in [0.2, 0.25) is 0 Å². The summed E-state index contributed by atoms with van der Waals surface area (Å²) in [6, 6.07) is 8.61. The van der Waals surface area contributed by atoms with E-state index in [1.54, 1.807) is 0 Å². The Morgan fingerprint density at radius 3 is 2.22 bits per heavy atom. The number of nitrogens with zero attached hydrogens (tertiary/aromatic N) is 2.